The third-order valence-electron chi connectivity index (χ3n) is 1.76. The average Bonchev–Trinajstić information content (AvgIpc) is 2.13. The Morgan fingerprint density at radius 3 is 2.33 bits per heavy atom. The van der Waals surface area contributed by atoms with Crippen molar-refractivity contribution in [1.82, 2.24) is 0 Å². The predicted octanol–water partition coefficient (Wildman–Crippen LogP) is 3.79. The maximum Gasteiger partial charge on any atom is 0.514 e. The van der Waals surface area contributed by atoms with Crippen LogP contribution in [0.25, 0.3) is 0 Å². The first-order valence-electron chi connectivity index (χ1n) is 5.94. The van der Waals surface area contributed by atoms with E-state index in [2.05, 4.69) is 0 Å². The van der Waals surface area contributed by atoms with Crippen LogP contribution in [-0.4, -0.2) is 17.9 Å². The molecule has 0 N–H and O–H groups in total. The second-order valence-corrected chi connectivity index (χ2v) is 5.21. The highest BCUT2D eigenvalue weighted by atomic mass is 16.7. The van der Waals surface area contributed by atoms with Gasteiger partial charge in [-0.25, -0.2) is 4.79 Å². The van der Waals surface area contributed by atoms with Gasteiger partial charge in [0.25, 0.3) is 0 Å². The maximum atomic E-state index is 11.3. The van der Waals surface area contributed by atoms with Gasteiger partial charge in [-0.2, -0.15) is 0 Å². The van der Waals surface area contributed by atoms with Crippen LogP contribution in [0.15, 0.2) is 24.3 Å². The number of carbonyl (C=O) groups is 1. The van der Waals surface area contributed by atoms with Gasteiger partial charge in [-0.05, 0) is 46.8 Å². The quantitative estimate of drug-likeness (QED) is 0.606. The van der Waals surface area contributed by atoms with E-state index in [0.29, 0.717) is 11.5 Å². The molecule has 0 aliphatic rings. The molecule has 1 aromatic rings. The zero-order valence-electron chi connectivity index (χ0n) is 11.5. The Hall–Kier alpha value is -1.71. The number of carbonyl (C=O) groups excluding carboxylic acids is 1. The summed E-state index contributed by atoms with van der Waals surface area (Å²) in [4.78, 5) is 11.3. The lowest BCUT2D eigenvalue weighted by Crippen LogP contribution is -2.23. The first-order valence-corrected chi connectivity index (χ1v) is 5.94. The van der Waals surface area contributed by atoms with Gasteiger partial charge in [0, 0.05) is 6.07 Å². The molecule has 4 nitrogen and oxygen atoms in total. The Morgan fingerprint density at radius 2 is 1.78 bits per heavy atom. The van der Waals surface area contributed by atoms with Gasteiger partial charge in [-0.1, -0.05) is 6.07 Å². The van der Waals surface area contributed by atoms with Crippen molar-refractivity contribution < 1.29 is 19.0 Å². The summed E-state index contributed by atoms with van der Waals surface area (Å²) < 4.78 is 15.6. The van der Waals surface area contributed by atoms with Gasteiger partial charge in [0.2, 0.25) is 0 Å². The fourth-order valence-corrected chi connectivity index (χ4v) is 1.27. The molecule has 0 heterocycles. The van der Waals surface area contributed by atoms with Crippen LogP contribution in [-0.2, 0) is 4.74 Å². The number of rotatable bonds is 3. The average molecular weight is 252 g/mol. The van der Waals surface area contributed by atoms with Crippen LogP contribution < -0.4 is 9.47 Å². The largest absolute Gasteiger partial charge is 0.514 e. The van der Waals surface area contributed by atoms with E-state index in [1.165, 1.54) is 0 Å². The molecule has 0 aliphatic heterocycles. The van der Waals surface area contributed by atoms with E-state index in [0.717, 1.165) is 0 Å². The van der Waals surface area contributed by atoms with Gasteiger partial charge in [0.05, 0.1) is 6.10 Å². The molecule has 18 heavy (non-hydrogen) atoms. The first kappa shape index (κ1) is 14.4. The van der Waals surface area contributed by atoms with Gasteiger partial charge in [-0.15, -0.1) is 0 Å². The molecule has 0 atom stereocenters. The van der Waals surface area contributed by atoms with E-state index >= 15 is 0 Å². The van der Waals surface area contributed by atoms with Gasteiger partial charge in [-0.3, -0.25) is 0 Å². The third kappa shape index (κ3) is 5.57. The molecule has 1 aromatic carbocycles. The number of hydrogen-bond donors (Lipinski definition) is 0. The van der Waals surface area contributed by atoms with Crippen LogP contribution in [0.5, 0.6) is 11.5 Å². The summed E-state index contributed by atoms with van der Waals surface area (Å²) in [5, 5.41) is 0. The standard InChI is InChI=1S/C14H20O4/c1-10(2)16-13(15)17-11-7-6-8-12(9-11)18-14(3,4)5/h6-10H,1-5H3. The van der Waals surface area contributed by atoms with Crippen molar-refractivity contribution in [3.8, 4) is 11.5 Å². The SMILES string of the molecule is CC(C)OC(=O)Oc1cccc(OC(C)(C)C)c1. The highest BCUT2D eigenvalue weighted by Gasteiger charge is 2.13. The van der Waals surface area contributed by atoms with Gasteiger partial charge < -0.3 is 14.2 Å². The molecule has 0 saturated carbocycles. The first-order chi connectivity index (χ1) is 8.26. The highest BCUT2D eigenvalue weighted by molar-refractivity contribution is 5.64. The summed E-state index contributed by atoms with van der Waals surface area (Å²) >= 11 is 0. The van der Waals surface area contributed by atoms with Crippen molar-refractivity contribution >= 4 is 6.16 Å². The Kier molecular flexibility index (Phi) is 4.59. The minimum absolute atomic E-state index is 0.202. The predicted molar refractivity (Wildman–Crippen MR) is 69.1 cm³/mol. The van der Waals surface area contributed by atoms with E-state index in [9.17, 15) is 4.79 Å². The molecule has 0 aromatic heterocycles. The summed E-state index contributed by atoms with van der Waals surface area (Å²) in [6.45, 7) is 9.38. The maximum absolute atomic E-state index is 11.3. The molecule has 0 unspecified atom stereocenters. The zero-order valence-corrected chi connectivity index (χ0v) is 11.5. The molecule has 0 aliphatic carbocycles. The second kappa shape index (κ2) is 5.76. The summed E-state index contributed by atoms with van der Waals surface area (Å²) in [6, 6.07) is 6.91. The molecular weight excluding hydrogens is 232 g/mol. The number of ether oxygens (including phenoxy) is 3. The molecule has 4 heteroatoms. The van der Waals surface area contributed by atoms with Crippen molar-refractivity contribution in [2.45, 2.75) is 46.3 Å². The van der Waals surface area contributed by atoms with Crippen molar-refractivity contribution in [2.75, 3.05) is 0 Å². The molecule has 0 bridgehead atoms. The normalized spacial score (nSPS) is 11.2. The minimum atomic E-state index is -0.710. The Balaban J connectivity index is 2.68. The molecule has 0 radical (unpaired) electrons. The van der Waals surface area contributed by atoms with Crippen LogP contribution in [0.4, 0.5) is 4.79 Å². The van der Waals surface area contributed by atoms with Crippen LogP contribution >= 0.6 is 0 Å². The van der Waals surface area contributed by atoms with E-state index < -0.39 is 6.16 Å². The Bertz CT molecular complexity index is 405. The molecule has 0 fully saturated rings. The van der Waals surface area contributed by atoms with E-state index in [-0.39, 0.29) is 11.7 Å². The lowest BCUT2D eigenvalue weighted by molar-refractivity contribution is 0.0727. The van der Waals surface area contributed by atoms with Crippen molar-refractivity contribution in [2.24, 2.45) is 0 Å². The monoisotopic (exact) mass is 252 g/mol. The fraction of sp³-hybridized carbons (Fsp3) is 0.500. The molecule has 1 rings (SSSR count). The van der Waals surface area contributed by atoms with Gasteiger partial charge >= 0.3 is 6.16 Å². The van der Waals surface area contributed by atoms with E-state index in [1.807, 2.05) is 26.8 Å². The van der Waals surface area contributed by atoms with Crippen molar-refractivity contribution in [3.05, 3.63) is 24.3 Å². The van der Waals surface area contributed by atoms with Crippen molar-refractivity contribution in [3.63, 3.8) is 0 Å². The molecule has 100 valence electrons. The highest BCUT2D eigenvalue weighted by Crippen LogP contribution is 2.23. The lowest BCUT2D eigenvalue weighted by Gasteiger charge is -2.21. The number of hydrogen-bond acceptors (Lipinski definition) is 4. The lowest BCUT2D eigenvalue weighted by atomic mass is 10.2. The molecule has 0 spiro atoms. The molecule has 0 amide bonds. The van der Waals surface area contributed by atoms with E-state index in [4.69, 9.17) is 14.2 Å². The molecule has 0 saturated heterocycles. The Morgan fingerprint density at radius 1 is 1.17 bits per heavy atom. The summed E-state index contributed by atoms with van der Waals surface area (Å²) in [5.41, 5.74) is -0.295. The van der Waals surface area contributed by atoms with Crippen LogP contribution in [0, 0.1) is 0 Å². The fourth-order valence-electron chi connectivity index (χ4n) is 1.27. The van der Waals surface area contributed by atoms with Gasteiger partial charge in [0.15, 0.2) is 0 Å². The van der Waals surface area contributed by atoms with E-state index in [1.54, 1.807) is 32.0 Å². The topological polar surface area (TPSA) is 44.8 Å². The summed E-state index contributed by atoms with van der Waals surface area (Å²) in [7, 11) is 0. The Labute approximate surface area is 108 Å². The summed E-state index contributed by atoms with van der Waals surface area (Å²) in [5.74, 6) is 1.06. The third-order valence-corrected chi connectivity index (χ3v) is 1.76. The number of benzene rings is 1. The summed E-state index contributed by atoms with van der Waals surface area (Å²) in [6.07, 6.45) is -0.913. The van der Waals surface area contributed by atoms with Crippen LogP contribution in [0.1, 0.15) is 34.6 Å². The van der Waals surface area contributed by atoms with Crippen LogP contribution in [0.2, 0.25) is 0 Å². The zero-order chi connectivity index (χ0) is 13.8. The second-order valence-electron chi connectivity index (χ2n) is 5.21. The van der Waals surface area contributed by atoms with Crippen LogP contribution in [0.3, 0.4) is 0 Å². The van der Waals surface area contributed by atoms with Gasteiger partial charge in [0.1, 0.15) is 17.1 Å². The minimum Gasteiger partial charge on any atom is -0.488 e. The molecular formula is C14H20O4. The smallest absolute Gasteiger partial charge is 0.488 e. The van der Waals surface area contributed by atoms with Crippen molar-refractivity contribution in [1.29, 1.82) is 0 Å².